The molecule has 0 unspecified atom stereocenters. The Morgan fingerprint density at radius 3 is 2.62 bits per heavy atom. The summed E-state index contributed by atoms with van der Waals surface area (Å²) in [6.45, 7) is 2.20. The molecule has 1 aromatic rings. The Morgan fingerprint density at radius 1 is 1.33 bits per heavy atom. The summed E-state index contributed by atoms with van der Waals surface area (Å²) < 4.78 is 28.4. The van der Waals surface area contributed by atoms with Crippen molar-refractivity contribution in [1.29, 1.82) is 0 Å². The highest BCUT2D eigenvalue weighted by Gasteiger charge is 2.17. The molecule has 0 spiro atoms. The summed E-state index contributed by atoms with van der Waals surface area (Å²) in [5.74, 6) is 0.0436. The average Bonchev–Trinajstić information content (AvgIpc) is 2.40. The third-order valence-corrected chi connectivity index (χ3v) is 4.59. The van der Waals surface area contributed by atoms with Crippen LogP contribution in [-0.4, -0.2) is 38.5 Å². The molecule has 0 aliphatic heterocycles. The van der Waals surface area contributed by atoms with Gasteiger partial charge < -0.3 is 10.1 Å². The van der Waals surface area contributed by atoms with Crippen molar-refractivity contribution >= 4 is 15.5 Å². The molecule has 118 valence electrons. The number of nitrogens with one attached hydrogen (secondary N) is 1. The van der Waals surface area contributed by atoms with E-state index in [0.29, 0.717) is 13.0 Å². The summed E-state index contributed by atoms with van der Waals surface area (Å²) >= 11 is 0. The molecule has 8 heteroatoms. The quantitative estimate of drug-likeness (QED) is 0.548. The molecule has 0 radical (unpaired) electrons. The number of hydrogen-bond donors (Lipinski definition) is 1. The lowest BCUT2D eigenvalue weighted by atomic mass is 10.2. The molecule has 0 atom stereocenters. The van der Waals surface area contributed by atoms with E-state index in [9.17, 15) is 18.5 Å². The van der Waals surface area contributed by atoms with E-state index in [1.165, 1.54) is 12.1 Å². The number of nitrogens with zero attached hydrogens (tertiary/aromatic N) is 1. The van der Waals surface area contributed by atoms with Crippen molar-refractivity contribution in [2.75, 3.05) is 25.2 Å². The van der Waals surface area contributed by atoms with Gasteiger partial charge >= 0.3 is 5.69 Å². The highest BCUT2D eigenvalue weighted by atomic mass is 32.2. The Bertz CT molecular complexity index is 586. The van der Waals surface area contributed by atoms with Gasteiger partial charge in [-0.15, -0.1) is 0 Å². The van der Waals surface area contributed by atoms with Gasteiger partial charge in [-0.1, -0.05) is 13.0 Å². The maximum absolute atomic E-state index is 11.6. The standard InChI is InChI=1S/C13H20N2O5S/c1-3-7-21(18,19)8-6-20-13-5-4-11(10-14-2)9-12(13)15(16)17/h4-5,9,14H,3,6-8,10H2,1-2H3. The lowest BCUT2D eigenvalue weighted by Gasteiger charge is -2.08. The first-order valence-corrected chi connectivity index (χ1v) is 8.47. The average molecular weight is 316 g/mol. The number of hydrogen-bond acceptors (Lipinski definition) is 6. The minimum absolute atomic E-state index is 0.0887. The zero-order valence-corrected chi connectivity index (χ0v) is 13.0. The SMILES string of the molecule is CCCS(=O)(=O)CCOc1ccc(CNC)cc1[N+](=O)[O-]. The van der Waals surface area contributed by atoms with Crippen molar-refractivity contribution in [1.82, 2.24) is 5.32 Å². The van der Waals surface area contributed by atoms with Gasteiger partial charge in [-0.3, -0.25) is 10.1 Å². The van der Waals surface area contributed by atoms with E-state index in [-0.39, 0.29) is 29.5 Å². The van der Waals surface area contributed by atoms with Crippen molar-refractivity contribution in [2.24, 2.45) is 0 Å². The van der Waals surface area contributed by atoms with Gasteiger partial charge in [0.2, 0.25) is 0 Å². The number of nitro benzene ring substituents is 1. The molecule has 1 aromatic carbocycles. The van der Waals surface area contributed by atoms with Crippen LogP contribution in [0.4, 0.5) is 5.69 Å². The Kier molecular flexibility index (Phi) is 6.57. The molecule has 0 bridgehead atoms. The minimum Gasteiger partial charge on any atom is -0.486 e. The lowest BCUT2D eigenvalue weighted by Crippen LogP contribution is -2.17. The predicted octanol–water partition coefficient (Wildman–Crippen LogP) is 1.52. The summed E-state index contributed by atoms with van der Waals surface area (Å²) in [6.07, 6.45) is 0.543. The van der Waals surface area contributed by atoms with Gasteiger partial charge in [0.15, 0.2) is 15.6 Å². The lowest BCUT2D eigenvalue weighted by molar-refractivity contribution is -0.385. The van der Waals surface area contributed by atoms with Crippen molar-refractivity contribution in [3.63, 3.8) is 0 Å². The van der Waals surface area contributed by atoms with Crippen molar-refractivity contribution in [2.45, 2.75) is 19.9 Å². The van der Waals surface area contributed by atoms with E-state index in [1.54, 1.807) is 20.0 Å². The Labute approximate surface area is 124 Å². The van der Waals surface area contributed by atoms with Gasteiger partial charge in [-0.05, 0) is 25.1 Å². The molecule has 7 nitrogen and oxygen atoms in total. The molecular formula is C13H20N2O5S. The molecule has 0 heterocycles. The van der Waals surface area contributed by atoms with Gasteiger partial charge in [0.05, 0.1) is 16.4 Å². The highest BCUT2D eigenvalue weighted by Crippen LogP contribution is 2.28. The maximum Gasteiger partial charge on any atom is 0.311 e. The van der Waals surface area contributed by atoms with Crippen LogP contribution in [0.15, 0.2) is 18.2 Å². The van der Waals surface area contributed by atoms with Crippen LogP contribution in [0.3, 0.4) is 0 Å². The normalized spacial score (nSPS) is 11.3. The second kappa shape index (κ2) is 7.94. The zero-order chi connectivity index (χ0) is 15.9. The molecule has 21 heavy (non-hydrogen) atoms. The number of sulfone groups is 1. The number of benzene rings is 1. The molecule has 0 saturated carbocycles. The first kappa shape index (κ1) is 17.4. The van der Waals surface area contributed by atoms with Crippen molar-refractivity contribution < 1.29 is 18.1 Å². The van der Waals surface area contributed by atoms with Crippen LogP contribution in [0.2, 0.25) is 0 Å². The van der Waals surface area contributed by atoms with Crippen molar-refractivity contribution in [3.05, 3.63) is 33.9 Å². The summed E-state index contributed by atoms with van der Waals surface area (Å²) in [6, 6.07) is 4.63. The van der Waals surface area contributed by atoms with E-state index < -0.39 is 14.8 Å². The minimum atomic E-state index is -3.16. The smallest absolute Gasteiger partial charge is 0.311 e. The molecule has 0 aliphatic rings. The molecule has 0 amide bonds. The fourth-order valence-corrected chi connectivity index (χ4v) is 3.00. The Morgan fingerprint density at radius 2 is 2.05 bits per heavy atom. The summed E-state index contributed by atoms with van der Waals surface area (Å²) in [4.78, 5) is 10.5. The van der Waals surface area contributed by atoms with Crippen LogP contribution < -0.4 is 10.1 Å². The van der Waals surface area contributed by atoms with Crippen LogP contribution in [0.1, 0.15) is 18.9 Å². The van der Waals surface area contributed by atoms with Crippen molar-refractivity contribution in [3.8, 4) is 5.75 Å². The highest BCUT2D eigenvalue weighted by molar-refractivity contribution is 7.91. The third-order valence-electron chi connectivity index (χ3n) is 2.77. The van der Waals surface area contributed by atoms with Gasteiger partial charge in [-0.2, -0.15) is 0 Å². The monoisotopic (exact) mass is 316 g/mol. The second-order valence-corrected chi connectivity index (χ2v) is 6.89. The topological polar surface area (TPSA) is 98.5 Å². The van der Waals surface area contributed by atoms with Crippen LogP contribution in [0.5, 0.6) is 5.75 Å². The number of nitro groups is 1. The molecule has 0 saturated heterocycles. The fourth-order valence-electron chi connectivity index (χ4n) is 1.83. The molecule has 0 fully saturated rings. The van der Waals surface area contributed by atoms with Crippen LogP contribution in [0, 0.1) is 10.1 Å². The first-order chi connectivity index (χ1) is 9.89. The van der Waals surface area contributed by atoms with Gasteiger partial charge in [0.1, 0.15) is 6.61 Å². The van der Waals surface area contributed by atoms with Crippen LogP contribution >= 0.6 is 0 Å². The van der Waals surface area contributed by atoms with E-state index in [4.69, 9.17) is 4.74 Å². The van der Waals surface area contributed by atoms with E-state index in [2.05, 4.69) is 5.32 Å². The maximum atomic E-state index is 11.6. The molecular weight excluding hydrogens is 296 g/mol. The summed E-state index contributed by atoms with van der Waals surface area (Å²) in [7, 11) is -1.41. The number of rotatable bonds is 9. The predicted molar refractivity (Wildman–Crippen MR) is 80.3 cm³/mol. The van der Waals surface area contributed by atoms with Crippen LogP contribution in [-0.2, 0) is 16.4 Å². The van der Waals surface area contributed by atoms with E-state index >= 15 is 0 Å². The molecule has 0 aromatic heterocycles. The van der Waals surface area contributed by atoms with E-state index in [1.807, 2.05) is 0 Å². The Balaban J connectivity index is 2.77. The zero-order valence-electron chi connectivity index (χ0n) is 12.2. The fraction of sp³-hybridized carbons (Fsp3) is 0.538. The summed E-state index contributed by atoms with van der Waals surface area (Å²) in [5, 5.41) is 13.9. The first-order valence-electron chi connectivity index (χ1n) is 6.64. The number of ether oxygens (including phenoxy) is 1. The van der Waals surface area contributed by atoms with E-state index in [0.717, 1.165) is 5.56 Å². The van der Waals surface area contributed by atoms with Gasteiger partial charge in [-0.25, -0.2) is 8.42 Å². The molecule has 1 rings (SSSR count). The van der Waals surface area contributed by atoms with Gasteiger partial charge in [0, 0.05) is 12.6 Å². The second-order valence-electron chi connectivity index (χ2n) is 4.59. The Hall–Kier alpha value is -1.67. The molecule has 1 N–H and O–H groups in total. The van der Waals surface area contributed by atoms with Crippen LogP contribution in [0.25, 0.3) is 0 Å². The summed E-state index contributed by atoms with van der Waals surface area (Å²) in [5.41, 5.74) is 0.603. The molecule has 0 aliphatic carbocycles. The van der Waals surface area contributed by atoms with Gasteiger partial charge in [0.25, 0.3) is 0 Å². The third kappa shape index (κ3) is 5.68. The largest absolute Gasteiger partial charge is 0.486 e.